The summed E-state index contributed by atoms with van der Waals surface area (Å²) >= 11 is 4.68. The number of carbonyl (C=O) groups excluding carboxylic acids is 1. The van der Waals surface area contributed by atoms with Gasteiger partial charge in [0.15, 0.2) is 5.16 Å². The molecule has 26 heavy (non-hydrogen) atoms. The summed E-state index contributed by atoms with van der Waals surface area (Å²) in [5.74, 6) is 0.0298. The molecule has 0 atom stereocenters. The predicted octanol–water partition coefficient (Wildman–Crippen LogP) is 4.04. The van der Waals surface area contributed by atoms with Crippen LogP contribution in [-0.4, -0.2) is 21.2 Å². The first-order valence-corrected chi connectivity index (χ1v) is 9.79. The molecule has 2 aromatic carbocycles. The van der Waals surface area contributed by atoms with Gasteiger partial charge in [0.2, 0.25) is 5.91 Å². The number of aryl methyl sites for hydroxylation is 2. The topological polar surface area (TPSA) is 64.0 Å². The Kier molecular flexibility index (Phi) is 5.48. The monoisotopic (exact) mass is 431 g/mol. The van der Waals surface area contributed by atoms with Crippen molar-refractivity contribution in [3.63, 3.8) is 0 Å². The van der Waals surface area contributed by atoms with Gasteiger partial charge in [0.1, 0.15) is 0 Å². The lowest BCUT2D eigenvalue weighted by Gasteiger charge is -2.10. The highest BCUT2D eigenvalue weighted by Crippen LogP contribution is 2.21. The molecule has 0 aliphatic carbocycles. The highest BCUT2D eigenvalue weighted by atomic mass is 79.9. The number of fused-ring (bicyclic) bond motifs is 1. The van der Waals surface area contributed by atoms with Gasteiger partial charge in [0.05, 0.1) is 16.7 Å². The number of nitrogens with zero attached hydrogens (tertiary/aromatic N) is 2. The number of hydrogen-bond acceptors (Lipinski definition) is 4. The summed E-state index contributed by atoms with van der Waals surface area (Å²) in [5, 5.41) is 3.97. The zero-order chi connectivity index (χ0) is 18.8. The quantitative estimate of drug-likeness (QED) is 0.499. The Morgan fingerprint density at radius 3 is 2.73 bits per heavy atom. The smallest absolute Gasteiger partial charge is 0.261 e. The Morgan fingerprint density at radius 1 is 1.23 bits per heavy atom. The molecule has 0 spiro atoms. The van der Waals surface area contributed by atoms with Crippen molar-refractivity contribution in [2.45, 2.75) is 19.0 Å². The molecule has 7 heteroatoms. The lowest BCUT2D eigenvalue weighted by atomic mass is 10.2. The number of carbonyl (C=O) groups is 1. The van der Waals surface area contributed by atoms with Gasteiger partial charge in [-0.2, -0.15) is 0 Å². The number of nitrogens with one attached hydrogen (secondary N) is 1. The highest BCUT2D eigenvalue weighted by molar-refractivity contribution is 9.10. The molecule has 3 aromatic rings. The maximum Gasteiger partial charge on any atom is 0.261 e. The minimum atomic E-state index is -0.144. The van der Waals surface area contributed by atoms with Crippen molar-refractivity contribution in [3.8, 4) is 0 Å². The van der Waals surface area contributed by atoms with Crippen LogP contribution in [0.3, 0.4) is 0 Å². The number of anilines is 1. The first kappa shape index (κ1) is 18.7. The van der Waals surface area contributed by atoms with Crippen molar-refractivity contribution >= 4 is 50.2 Å². The zero-order valence-corrected chi connectivity index (χ0v) is 17.1. The summed E-state index contributed by atoms with van der Waals surface area (Å²) in [7, 11) is 1.68. The van der Waals surface area contributed by atoms with E-state index in [9.17, 15) is 9.59 Å². The minimum Gasteiger partial charge on any atom is -0.325 e. The molecule has 0 saturated carbocycles. The fourth-order valence-corrected chi connectivity index (χ4v) is 3.56. The fraction of sp³-hybridized carbons (Fsp3) is 0.211. The van der Waals surface area contributed by atoms with Crippen LogP contribution in [0.5, 0.6) is 0 Å². The average molecular weight is 432 g/mol. The summed E-state index contributed by atoms with van der Waals surface area (Å²) in [6.07, 6.45) is 0. The van der Waals surface area contributed by atoms with Crippen molar-refractivity contribution in [2.24, 2.45) is 7.05 Å². The third kappa shape index (κ3) is 3.99. The van der Waals surface area contributed by atoms with Gasteiger partial charge < -0.3 is 5.32 Å². The molecule has 3 rings (SSSR count). The summed E-state index contributed by atoms with van der Waals surface area (Å²) in [5.41, 5.74) is 3.34. The standard InChI is InChI=1S/C19H18BrN3O2S/c1-11-4-7-16-14(8-11)18(25)23(3)19(22-16)26-10-17(24)21-13-5-6-15(20)12(2)9-13/h4-9H,10H2,1-3H3,(H,21,24). The Morgan fingerprint density at radius 2 is 2.00 bits per heavy atom. The molecule has 0 radical (unpaired) electrons. The van der Waals surface area contributed by atoms with E-state index in [1.165, 1.54) is 16.3 Å². The van der Waals surface area contributed by atoms with E-state index in [2.05, 4.69) is 26.2 Å². The Labute approximate surface area is 164 Å². The second kappa shape index (κ2) is 7.63. The summed E-state index contributed by atoms with van der Waals surface area (Å²) in [6, 6.07) is 11.2. The molecule has 1 heterocycles. The van der Waals surface area contributed by atoms with Crippen LogP contribution in [0.2, 0.25) is 0 Å². The Hall–Kier alpha value is -2.12. The first-order chi connectivity index (χ1) is 12.3. The van der Waals surface area contributed by atoms with Crippen LogP contribution in [0.25, 0.3) is 10.9 Å². The lowest BCUT2D eigenvalue weighted by Crippen LogP contribution is -2.21. The second-order valence-electron chi connectivity index (χ2n) is 6.08. The lowest BCUT2D eigenvalue weighted by molar-refractivity contribution is -0.113. The number of thioether (sulfide) groups is 1. The molecule has 0 bridgehead atoms. The number of rotatable bonds is 4. The second-order valence-corrected chi connectivity index (χ2v) is 7.88. The van der Waals surface area contributed by atoms with Gasteiger partial charge in [-0.25, -0.2) is 4.98 Å². The van der Waals surface area contributed by atoms with Crippen molar-refractivity contribution in [3.05, 3.63) is 62.4 Å². The van der Waals surface area contributed by atoms with Crippen LogP contribution in [-0.2, 0) is 11.8 Å². The van der Waals surface area contributed by atoms with Crippen LogP contribution in [0, 0.1) is 13.8 Å². The molecular weight excluding hydrogens is 414 g/mol. The number of hydrogen-bond donors (Lipinski definition) is 1. The van der Waals surface area contributed by atoms with E-state index < -0.39 is 0 Å². The number of halogens is 1. The molecular formula is C19H18BrN3O2S. The molecule has 0 unspecified atom stereocenters. The zero-order valence-electron chi connectivity index (χ0n) is 14.7. The van der Waals surface area contributed by atoms with Crippen LogP contribution in [0.1, 0.15) is 11.1 Å². The van der Waals surface area contributed by atoms with E-state index in [4.69, 9.17) is 0 Å². The SMILES string of the molecule is Cc1ccc2nc(SCC(=O)Nc3ccc(Br)c(C)c3)n(C)c(=O)c2c1. The fourth-order valence-electron chi connectivity index (χ4n) is 2.54. The first-order valence-electron chi connectivity index (χ1n) is 8.01. The van der Waals surface area contributed by atoms with Gasteiger partial charge in [-0.3, -0.25) is 14.2 Å². The summed E-state index contributed by atoms with van der Waals surface area (Å²) in [4.78, 5) is 29.3. The third-order valence-electron chi connectivity index (χ3n) is 3.96. The average Bonchev–Trinajstić information content (AvgIpc) is 2.60. The van der Waals surface area contributed by atoms with Crippen LogP contribution in [0.4, 0.5) is 5.69 Å². The molecule has 1 N–H and O–H groups in total. The van der Waals surface area contributed by atoms with E-state index in [0.717, 1.165) is 21.3 Å². The summed E-state index contributed by atoms with van der Waals surface area (Å²) < 4.78 is 2.49. The van der Waals surface area contributed by atoms with Crippen LogP contribution >= 0.6 is 27.7 Å². The van der Waals surface area contributed by atoms with Crippen molar-refractivity contribution in [1.82, 2.24) is 9.55 Å². The normalized spacial score (nSPS) is 10.9. The molecule has 0 aliphatic heterocycles. The molecule has 5 nitrogen and oxygen atoms in total. The molecule has 134 valence electrons. The van der Waals surface area contributed by atoms with Gasteiger partial charge >= 0.3 is 0 Å². The largest absolute Gasteiger partial charge is 0.325 e. The van der Waals surface area contributed by atoms with Gasteiger partial charge in [0, 0.05) is 17.2 Å². The highest BCUT2D eigenvalue weighted by Gasteiger charge is 2.11. The number of aromatic nitrogens is 2. The van der Waals surface area contributed by atoms with E-state index in [-0.39, 0.29) is 17.2 Å². The van der Waals surface area contributed by atoms with Crippen molar-refractivity contribution in [2.75, 3.05) is 11.1 Å². The van der Waals surface area contributed by atoms with Gasteiger partial charge in [-0.05, 0) is 49.7 Å². The maximum absolute atomic E-state index is 12.5. The number of benzene rings is 2. The Balaban J connectivity index is 1.75. The molecule has 1 aromatic heterocycles. The number of amides is 1. The third-order valence-corrected chi connectivity index (χ3v) is 5.88. The summed E-state index contributed by atoms with van der Waals surface area (Å²) in [6.45, 7) is 3.90. The Bertz CT molecular complexity index is 1060. The van der Waals surface area contributed by atoms with E-state index in [0.29, 0.717) is 16.1 Å². The maximum atomic E-state index is 12.5. The van der Waals surface area contributed by atoms with Crippen molar-refractivity contribution < 1.29 is 4.79 Å². The molecule has 1 amide bonds. The molecule has 0 saturated heterocycles. The predicted molar refractivity (Wildman–Crippen MR) is 110 cm³/mol. The molecule has 0 fully saturated rings. The van der Waals surface area contributed by atoms with E-state index in [1.807, 2.05) is 50.2 Å². The van der Waals surface area contributed by atoms with E-state index >= 15 is 0 Å². The van der Waals surface area contributed by atoms with Gasteiger partial charge in [-0.15, -0.1) is 0 Å². The van der Waals surface area contributed by atoms with Crippen LogP contribution in [0.15, 0.2) is 50.8 Å². The van der Waals surface area contributed by atoms with Crippen molar-refractivity contribution in [1.29, 1.82) is 0 Å². The van der Waals surface area contributed by atoms with E-state index in [1.54, 1.807) is 7.05 Å². The van der Waals surface area contributed by atoms with Crippen LogP contribution < -0.4 is 10.9 Å². The van der Waals surface area contributed by atoms with Gasteiger partial charge in [0.25, 0.3) is 5.56 Å². The minimum absolute atomic E-state index is 0.106. The molecule has 0 aliphatic rings. The van der Waals surface area contributed by atoms with Gasteiger partial charge in [-0.1, -0.05) is 39.3 Å².